The zero-order valence-electron chi connectivity index (χ0n) is 44.5. The molecule has 0 saturated heterocycles. The number of benzene rings is 4. The number of carbonyl (C=O) groups is 6. The lowest BCUT2D eigenvalue weighted by Crippen LogP contribution is -2.54. The normalized spacial score (nSPS) is 15.9. The lowest BCUT2D eigenvalue weighted by atomic mass is 9.92. The molecule has 0 aliphatic carbocycles. The van der Waals surface area contributed by atoms with Crippen molar-refractivity contribution in [1.82, 2.24) is 25.3 Å². The van der Waals surface area contributed by atoms with Crippen molar-refractivity contribution in [2.45, 2.75) is 77.8 Å². The lowest BCUT2D eigenvalue weighted by Gasteiger charge is -2.42. The van der Waals surface area contributed by atoms with E-state index < -0.39 is 84.5 Å². The minimum absolute atomic E-state index is 0.0135. The van der Waals surface area contributed by atoms with Crippen LogP contribution in [0.4, 0.5) is 47.3 Å². The fraction of sp³-hybridized carbons (Fsp3) is 0.368. The molecule has 0 aromatic heterocycles. The molecule has 0 radical (unpaired) electrons. The molecule has 6 amide bonds. The molecular weight excluding hydrogens is 1050 g/mol. The van der Waals surface area contributed by atoms with Crippen LogP contribution in [0, 0.1) is 22.7 Å². The number of anilines is 2. The highest BCUT2D eigenvalue weighted by atomic mass is 19.4. The second-order valence-corrected chi connectivity index (χ2v) is 18.8. The summed E-state index contributed by atoms with van der Waals surface area (Å²) in [6.07, 6.45) is -7.30. The van der Waals surface area contributed by atoms with Crippen LogP contribution in [0.25, 0.3) is 0 Å². The van der Waals surface area contributed by atoms with Crippen LogP contribution in [0.1, 0.15) is 98.8 Å². The van der Waals surface area contributed by atoms with Gasteiger partial charge in [0.2, 0.25) is 11.8 Å². The SMILES string of the molecule is CCCCOC(=O)C1=C(C)N(c2cccc(C(F)(F)F)c2)C(=O)N(CC(=O)NCCN(C)CCNC(=O)CN2C(=O)N(c3cccc(C(F)(F)F)c3)C(C)=C(C(=O)OCCCC)[C@H]2c2ccc(C#N)cc2)[C@@H]1c1ccc(C#N)cc1. The minimum Gasteiger partial charge on any atom is -0.462 e. The van der Waals surface area contributed by atoms with Crippen LogP contribution >= 0.6 is 0 Å². The first kappa shape index (κ1) is 60.5. The molecule has 4 aromatic rings. The summed E-state index contributed by atoms with van der Waals surface area (Å²) in [5.41, 5.74) is -1.84. The first-order chi connectivity index (χ1) is 38.0. The number of urea groups is 2. The Labute approximate surface area is 458 Å². The molecule has 0 unspecified atom stereocenters. The van der Waals surface area contributed by atoms with Crippen molar-refractivity contribution in [3.8, 4) is 12.1 Å². The van der Waals surface area contributed by atoms with Gasteiger partial charge in [0, 0.05) is 37.6 Å². The third-order valence-electron chi connectivity index (χ3n) is 13.2. The first-order valence-corrected chi connectivity index (χ1v) is 25.6. The molecule has 2 aliphatic rings. The number of halogens is 6. The van der Waals surface area contributed by atoms with E-state index in [0.717, 1.165) is 56.0 Å². The molecule has 17 nitrogen and oxygen atoms in total. The van der Waals surface area contributed by atoms with E-state index in [2.05, 4.69) is 10.6 Å². The van der Waals surface area contributed by atoms with Crippen molar-refractivity contribution in [2.75, 3.05) is 69.3 Å². The van der Waals surface area contributed by atoms with E-state index in [1.807, 2.05) is 26.0 Å². The Morgan fingerprint density at radius 3 is 1.29 bits per heavy atom. The summed E-state index contributed by atoms with van der Waals surface area (Å²) >= 11 is 0. The van der Waals surface area contributed by atoms with E-state index in [-0.39, 0.29) is 84.4 Å². The minimum atomic E-state index is -4.79. The van der Waals surface area contributed by atoms with Crippen LogP contribution in [0.2, 0.25) is 0 Å². The number of hydrogen-bond donors (Lipinski definition) is 2. The summed E-state index contributed by atoms with van der Waals surface area (Å²) in [6.45, 7) is 5.35. The van der Waals surface area contributed by atoms with Gasteiger partial charge in [-0.15, -0.1) is 0 Å². The molecule has 2 heterocycles. The molecule has 4 aromatic carbocycles. The molecule has 0 fully saturated rings. The molecule has 2 N–H and O–H groups in total. The predicted molar refractivity (Wildman–Crippen MR) is 280 cm³/mol. The van der Waals surface area contributed by atoms with Gasteiger partial charge in [0.25, 0.3) is 0 Å². The lowest BCUT2D eigenvalue weighted by molar-refractivity contribution is -0.141. The Bertz CT molecular complexity index is 2890. The molecule has 2 atom stereocenters. The Balaban J connectivity index is 1.19. The molecule has 2 aliphatic heterocycles. The molecule has 23 heteroatoms. The molecular formula is C57H59F6N9O8. The van der Waals surface area contributed by atoms with Crippen molar-refractivity contribution in [3.05, 3.63) is 153 Å². The van der Waals surface area contributed by atoms with Crippen molar-refractivity contribution in [2.24, 2.45) is 0 Å². The zero-order valence-corrected chi connectivity index (χ0v) is 44.5. The molecule has 0 spiro atoms. The second-order valence-electron chi connectivity index (χ2n) is 18.8. The van der Waals surface area contributed by atoms with Gasteiger partial charge in [-0.25, -0.2) is 19.2 Å². The standard InChI is InChI=1S/C57H59F6N9O8/c1-6-8-28-79-52(75)48-36(3)71(44-14-10-12-42(30-44)56(58,59)60)54(77)69(50(48)40-20-16-38(32-64)17-21-40)34-46(73)66-24-26-68(5)27-25-67-47(74)35-70-51(41-22-18-39(33-65)19-23-41)49(53(76)80-29-9-7-2)37(4)72(55(70)78)45-15-11-13-43(31-45)57(61,62)63/h10-23,30-31,50-51H,6-9,24-29,34-35H2,1-5H3,(H,66,73)(H,67,74)/t50-,51-/m1/s1. The number of likely N-dealkylation sites (N-methyl/N-ethyl adjacent to an activating group) is 1. The summed E-state index contributed by atoms with van der Waals surface area (Å²) in [4.78, 5) is 90.7. The van der Waals surface area contributed by atoms with Crippen molar-refractivity contribution in [3.63, 3.8) is 0 Å². The fourth-order valence-electron chi connectivity index (χ4n) is 9.05. The number of esters is 2. The average molecular weight is 1110 g/mol. The maximum Gasteiger partial charge on any atom is 0.416 e. The van der Waals surface area contributed by atoms with E-state index in [1.165, 1.54) is 74.5 Å². The van der Waals surface area contributed by atoms with Crippen molar-refractivity contribution in [1.29, 1.82) is 10.5 Å². The Morgan fingerprint density at radius 1 is 0.600 bits per heavy atom. The molecule has 0 bridgehead atoms. The highest BCUT2D eigenvalue weighted by molar-refractivity contribution is 6.05. The largest absolute Gasteiger partial charge is 0.462 e. The van der Waals surface area contributed by atoms with Crippen LogP contribution < -0.4 is 20.4 Å². The quantitative estimate of drug-likeness (QED) is 0.0430. The summed E-state index contributed by atoms with van der Waals surface area (Å²) in [6, 6.07) is 19.2. The van der Waals surface area contributed by atoms with Crippen LogP contribution in [0.15, 0.2) is 120 Å². The highest BCUT2D eigenvalue weighted by Gasteiger charge is 2.46. The molecule has 0 saturated carbocycles. The number of alkyl halides is 6. The maximum atomic E-state index is 14.6. The van der Waals surface area contributed by atoms with Gasteiger partial charge in [-0.2, -0.15) is 36.9 Å². The van der Waals surface area contributed by atoms with Gasteiger partial charge in [0.1, 0.15) is 13.1 Å². The number of nitriles is 2. The van der Waals surface area contributed by atoms with Crippen LogP contribution in [-0.2, 0) is 41.0 Å². The van der Waals surface area contributed by atoms with Gasteiger partial charge in [-0.1, -0.05) is 63.1 Å². The number of unbranched alkanes of at least 4 members (excludes halogenated alkanes) is 2. The monoisotopic (exact) mass is 1110 g/mol. The fourth-order valence-corrected chi connectivity index (χ4v) is 9.05. The number of carbonyl (C=O) groups excluding carboxylic acids is 6. The van der Waals surface area contributed by atoms with Crippen LogP contribution in [0.5, 0.6) is 0 Å². The topological polar surface area (TPSA) is 209 Å². The Kier molecular flexibility index (Phi) is 20.3. The summed E-state index contributed by atoms with van der Waals surface area (Å²) < 4.78 is 95.1. The number of nitrogens with zero attached hydrogens (tertiary/aromatic N) is 7. The highest BCUT2D eigenvalue weighted by Crippen LogP contribution is 2.43. The first-order valence-electron chi connectivity index (χ1n) is 25.6. The van der Waals surface area contributed by atoms with E-state index in [0.29, 0.717) is 36.8 Å². The third-order valence-corrected chi connectivity index (χ3v) is 13.2. The number of rotatable bonds is 22. The Morgan fingerprint density at radius 2 is 0.963 bits per heavy atom. The van der Waals surface area contributed by atoms with Crippen LogP contribution in [-0.4, -0.2) is 110 Å². The zero-order chi connectivity index (χ0) is 58.5. The number of hydrogen-bond acceptors (Lipinski definition) is 11. The van der Waals surface area contributed by atoms with E-state index in [9.17, 15) is 65.6 Å². The molecule has 422 valence electrons. The van der Waals surface area contributed by atoms with Gasteiger partial charge in [0.05, 0.1) is 82.2 Å². The predicted octanol–water partition coefficient (Wildman–Crippen LogP) is 9.53. The van der Waals surface area contributed by atoms with Gasteiger partial charge >= 0.3 is 36.4 Å². The number of allylic oxidation sites excluding steroid dienone is 2. The molecule has 6 rings (SSSR count). The number of ether oxygens (including phenoxy) is 2. The number of amides is 6. The smallest absolute Gasteiger partial charge is 0.416 e. The second kappa shape index (κ2) is 26.8. The average Bonchev–Trinajstić information content (AvgIpc) is 3.55. The van der Waals surface area contributed by atoms with E-state index in [1.54, 1.807) is 11.9 Å². The van der Waals surface area contributed by atoms with Gasteiger partial charge < -0.3 is 34.8 Å². The van der Waals surface area contributed by atoms with Gasteiger partial charge in [-0.05, 0) is 106 Å². The molecule has 80 heavy (non-hydrogen) atoms. The van der Waals surface area contributed by atoms with Gasteiger partial charge in [0.15, 0.2) is 0 Å². The maximum absolute atomic E-state index is 14.6. The summed E-state index contributed by atoms with van der Waals surface area (Å²) in [7, 11) is 1.66. The van der Waals surface area contributed by atoms with Crippen LogP contribution in [0.3, 0.4) is 0 Å². The van der Waals surface area contributed by atoms with E-state index >= 15 is 0 Å². The Hall–Kier alpha value is -8.70. The summed E-state index contributed by atoms with van der Waals surface area (Å²) in [5, 5.41) is 24.5. The van der Waals surface area contributed by atoms with Gasteiger partial charge in [-0.3, -0.25) is 19.4 Å². The number of nitrogens with one attached hydrogen (secondary N) is 2. The van der Waals surface area contributed by atoms with E-state index in [4.69, 9.17) is 9.47 Å². The summed E-state index contributed by atoms with van der Waals surface area (Å²) in [5.74, 6) is -3.19. The third kappa shape index (κ3) is 14.5. The van der Waals surface area contributed by atoms with Crippen molar-refractivity contribution < 1.29 is 64.6 Å². The van der Waals surface area contributed by atoms with Crippen molar-refractivity contribution >= 4 is 47.2 Å².